The standard InChI is InChI=1S/C16H27N3O3/c1-16(2,3)14-10-13(19(21)22)9-12(15(14)20)11-18(6)8-7-17(4)5/h9-10,20H,7-8,11H2,1-6H3. The molecule has 0 spiro atoms. The third-order valence-electron chi connectivity index (χ3n) is 3.56. The number of hydrogen-bond acceptors (Lipinski definition) is 5. The van der Waals surface area contributed by atoms with Crippen LogP contribution in [0.25, 0.3) is 0 Å². The Bertz CT molecular complexity index is 536. The van der Waals surface area contributed by atoms with E-state index in [9.17, 15) is 15.2 Å². The maximum absolute atomic E-state index is 11.1. The van der Waals surface area contributed by atoms with Crippen LogP contribution in [0.4, 0.5) is 5.69 Å². The van der Waals surface area contributed by atoms with Crippen molar-refractivity contribution in [3.63, 3.8) is 0 Å². The fourth-order valence-electron chi connectivity index (χ4n) is 2.22. The predicted octanol–water partition coefficient (Wildman–Crippen LogP) is 2.59. The minimum atomic E-state index is -0.405. The monoisotopic (exact) mass is 309 g/mol. The Kier molecular flexibility index (Phi) is 5.91. The summed E-state index contributed by atoms with van der Waals surface area (Å²) in [6, 6.07) is 2.94. The normalized spacial score (nSPS) is 12.2. The number of non-ortho nitro benzene ring substituents is 1. The molecule has 6 heteroatoms. The molecular formula is C16H27N3O3. The Morgan fingerprint density at radius 2 is 1.77 bits per heavy atom. The van der Waals surface area contributed by atoms with Crippen molar-refractivity contribution in [2.24, 2.45) is 0 Å². The van der Waals surface area contributed by atoms with Gasteiger partial charge < -0.3 is 14.9 Å². The molecule has 0 aromatic heterocycles. The van der Waals surface area contributed by atoms with E-state index in [1.54, 1.807) is 0 Å². The first-order valence-electron chi connectivity index (χ1n) is 7.36. The lowest BCUT2D eigenvalue weighted by molar-refractivity contribution is -0.385. The van der Waals surface area contributed by atoms with Crippen LogP contribution in [0.3, 0.4) is 0 Å². The highest BCUT2D eigenvalue weighted by Gasteiger charge is 2.24. The smallest absolute Gasteiger partial charge is 0.270 e. The van der Waals surface area contributed by atoms with Gasteiger partial charge in [0.15, 0.2) is 0 Å². The van der Waals surface area contributed by atoms with Gasteiger partial charge in [0.1, 0.15) is 5.75 Å². The first-order chi connectivity index (χ1) is 10.0. The molecule has 0 heterocycles. The first kappa shape index (κ1) is 18.4. The van der Waals surface area contributed by atoms with E-state index in [1.165, 1.54) is 12.1 Å². The van der Waals surface area contributed by atoms with Crippen LogP contribution in [0.5, 0.6) is 5.75 Å². The van der Waals surface area contributed by atoms with E-state index >= 15 is 0 Å². The minimum Gasteiger partial charge on any atom is -0.507 e. The maximum atomic E-state index is 11.1. The predicted molar refractivity (Wildman–Crippen MR) is 88.3 cm³/mol. The molecule has 0 atom stereocenters. The second-order valence-corrected chi connectivity index (χ2v) is 7.05. The molecule has 124 valence electrons. The van der Waals surface area contributed by atoms with E-state index in [4.69, 9.17) is 0 Å². The van der Waals surface area contributed by atoms with Gasteiger partial charge in [-0.1, -0.05) is 20.8 Å². The second-order valence-electron chi connectivity index (χ2n) is 7.05. The van der Waals surface area contributed by atoms with Gasteiger partial charge >= 0.3 is 0 Å². The number of rotatable bonds is 6. The van der Waals surface area contributed by atoms with Crippen molar-refractivity contribution in [1.29, 1.82) is 0 Å². The van der Waals surface area contributed by atoms with E-state index in [1.807, 2.05) is 46.8 Å². The number of phenolic OH excluding ortho intramolecular Hbond substituents is 1. The van der Waals surface area contributed by atoms with Crippen LogP contribution in [0.2, 0.25) is 0 Å². The van der Waals surface area contributed by atoms with E-state index in [0.717, 1.165) is 13.1 Å². The highest BCUT2D eigenvalue weighted by Crippen LogP contribution is 2.37. The molecule has 1 aromatic carbocycles. The summed E-state index contributed by atoms with van der Waals surface area (Å²) in [6.07, 6.45) is 0. The molecule has 0 unspecified atom stereocenters. The average molecular weight is 309 g/mol. The lowest BCUT2D eigenvalue weighted by Crippen LogP contribution is -2.28. The topological polar surface area (TPSA) is 69.9 Å². The molecule has 0 bridgehead atoms. The number of hydrogen-bond donors (Lipinski definition) is 1. The fraction of sp³-hybridized carbons (Fsp3) is 0.625. The van der Waals surface area contributed by atoms with Crippen molar-refractivity contribution in [3.8, 4) is 5.75 Å². The highest BCUT2D eigenvalue weighted by atomic mass is 16.6. The van der Waals surface area contributed by atoms with E-state index in [2.05, 4.69) is 4.90 Å². The number of nitro groups is 1. The molecule has 1 N–H and O–H groups in total. The van der Waals surface area contributed by atoms with Gasteiger partial charge in [0.2, 0.25) is 0 Å². The molecule has 0 radical (unpaired) electrons. The average Bonchev–Trinajstić information content (AvgIpc) is 2.37. The van der Waals surface area contributed by atoms with Gasteiger partial charge in [0.25, 0.3) is 5.69 Å². The lowest BCUT2D eigenvalue weighted by Gasteiger charge is -2.24. The number of aromatic hydroxyl groups is 1. The molecule has 1 aromatic rings. The molecule has 0 aliphatic carbocycles. The molecule has 6 nitrogen and oxygen atoms in total. The third kappa shape index (κ3) is 4.96. The molecule has 0 aliphatic heterocycles. The van der Waals surface area contributed by atoms with Crippen LogP contribution in [0, 0.1) is 10.1 Å². The fourth-order valence-corrected chi connectivity index (χ4v) is 2.22. The van der Waals surface area contributed by atoms with Gasteiger partial charge in [-0.3, -0.25) is 10.1 Å². The molecule has 0 fully saturated rings. The Morgan fingerprint density at radius 3 is 2.23 bits per heavy atom. The van der Waals surface area contributed by atoms with Crippen LogP contribution in [0.1, 0.15) is 31.9 Å². The van der Waals surface area contributed by atoms with Crippen LogP contribution in [-0.4, -0.2) is 54.1 Å². The number of benzene rings is 1. The quantitative estimate of drug-likeness (QED) is 0.646. The van der Waals surface area contributed by atoms with Crippen molar-refractivity contribution in [2.75, 3.05) is 34.2 Å². The van der Waals surface area contributed by atoms with Gasteiger partial charge in [-0.2, -0.15) is 0 Å². The first-order valence-corrected chi connectivity index (χ1v) is 7.36. The summed E-state index contributed by atoms with van der Waals surface area (Å²) in [4.78, 5) is 14.9. The van der Waals surface area contributed by atoms with Crippen molar-refractivity contribution in [2.45, 2.75) is 32.7 Å². The zero-order chi connectivity index (χ0) is 17.1. The Labute approximate surface area is 132 Å². The Balaban J connectivity index is 3.12. The Hall–Kier alpha value is -1.66. The summed E-state index contributed by atoms with van der Waals surface area (Å²) in [5, 5.41) is 21.6. The van der Waals surface area contributed by atoms with Gasteiger partial charge in [-0.05, 0) is 26.6 Å². The SMILES string of the molecule is CN(C)CCN(C)Cc1cc([N+](=O)[O-])cc(C(C)(C)C)c1O. The zero-order valence-electron chi connectivity index (χ0n) is 14.4. The van der Waals surface area contributed by atoms with Crippen molar-refractivity contribution in [3.05, 3.63) is 33.4 Å². The van der Waals surface area contributed by atoms with Crippen molar-refractivity contribution >= 4 is 5.69 Å². The molecule has 0 aliphatic rings. The number of nitro benzene ring substituents is 1. The van der Waals surface area contributed by atoms with Gasteiger partial charge in [-0.25, -0.2) is 0 Å². The van der Waals surface area contributed by atoms with E-state index in [0.29, 0.717) is 17.7 Å². The molecule has 0 saturated heterocycles. The second kappa shape index (κ2) is 7.07. The van der Waals surface area contributed by atoms with Crippen molar-refractivity contribution < 1.29 is 10.0 Å². The zero-order valence-corrected chi connectivity index (χ0v) is 14.4. The van der Waals surface area contributed by atoms with E-state index < -0.39 is 4.92 Å². The lowest BCUT2D eigenvalue weighted by atomic mass is 9.84. The Morgan fingerprint density at radius 1 is 1.18 bits per heavy atom. The molecule has 1 rings (SSSR count). The maximum Gasteiger partial charge on any atom is 0.270 e. The summed E-state index contributed by atoms with van der Waals surface area (Å²) in [5.74, 6) is 0.162. The summed E-state index contributed by atoms with van der Waals surface area (Å²) >= 11 is 0. The van der Waals surface area contributed by atoms with Gasteiger partial charge in [0.05, 0.1) is 4.92 Å². The third-order valence-corrected chi connectivity index (χ3v) is 3.56. The number of nitrogens with zero attached hydrogens (tertiary/aromatic N) is 3. The molecule has 22 heavy (non-hydrogen) atoms. The van der Waals surface area contributed by atoms with Gasteiger partial charge in [0, 0.05) is 42.9 Å². The van der Waals surface area contributed by atoms with Crippen molar-refractivity contribution in [1.82, 2.24) is 9.80 Å². The van der Waals surface area contributed by atoms with Crippen LogP contribution < -0.4 is 0 Å². The number of phenols is 1. The highest BCUT2D eigenvalue weighted by molar-refractivity contribution is 5.52. The van der Waals surface area contributed by atoms with Crippen LogP contribution >= 0.6 is 0 Å². The van der Waals surface area contributed by atoms with Crippen LogP contribution in [-0.2, 0) is 12.0 Å². The summed E-state index contributed by atoms with van der Waals surface area (Å²) in [7, 11) is 5.94. The van der Waals surface area contributed by atoms with Gasteiger partial charge in [-0.15, -0.1) is 0 Å². The summed E-state index contributed by atoms with van der Waals surface area (Å²) in [6.45, 7) is 7.99. The summed E-state index contributed by atoms with van der Waals surface area (Å²) in [5.41, 5.74) is 0.879. The van der Waals surface area contributed by atoms with E-state index in [-0.39, 0.29) is 16.9 Å². The molecular weight excluding hydrogens is 282 g/mol. The number of likely N-dealkylation sites (N-methyl/N-ethyl adjacent to an activating group) is 2. The van der Waals surface area contributed by atoms with Crippen LogP contribution in [0.15, 0.2) is 12.1 Å². The largest absolute Gasteiger partial charge is 0.507 e. The molecule has 0 saturated carbocycles. The minimum absolute atomic E-state index is 0.0266. The molecule has 0 amide bonds. The summed E-state index contributed by atoms with van der Waals surface area (Å²) < 4.78 is 0.